The highest BCUT2D eigenvalue weighted by molar-refractivity contribution is 7.90. The Morgan fingerprint density at radius 3 is 2.25 bits per heavy atom. The SMILES string of the molecule is CN(C)S(=O)(=O)Nc1cccc(Oc2ccccc2)c1. The number of benzene rings is 2. The third kappa shape index (κ3) is 3.72. The van der Waals surface area contributed by atoms with Crippen molar-refractivity contribution in [3.8, 4) is 11.5 Å². The first-order valence-corrected chi connectivity index (χ1v) is 7.44. The molecule has 0 aliphatic rings. The maximum Gasteiger partial charge on any atom is 0.301 e. The second-order valence-electron chi connectivity index (χ2n) is 4.33. The molecule has 6 heteroatoms. The lowest BCUT2D eigenvalue weighted by atomic mass is 10.3. The van der Waals surface area contributed by atoms with Crippen LogP contribution in [0.1, 0.15) is 0 Å². The Labute approximate surface area is 119 Å². The van der Waals surface area contributed by atoms with Crippen LogP contribution >= 0.6 is 0 Å². The van der Waals surface area contributed by atoms with E-state index < -0.39 is 10.2 Å². The first kappa shape index (κ1) is 14.4. The fraction of sp³-hybridized carbons (Fsp3) is 0.143. The lowest BCUT2D eigenvalue weighted by Crippen LogP contribution is -2.28. The fourth-order valence-electron chi connectivity index (χ4n) is 1.49. The molecule has 0 aromatic heterocycles. The van der Waals surface area contributed by atoms with E-state index in [0.717, 1.165) is 4.31 Å². The van der Waals surface area contributed by atoms with Gasteiger partial charge in [0.25, 0.3) is 0 Å². The predicted octanol–water partition coefficient (Wildman–Crippen LogP) is 2.70. The zero-order chi connectivity index (χ0) is 14.6. The van der Waals surface area contributed by atoms with Crippen LogP contribution in [0, 0.1) is 0 Å². The van der Waals surface area contributed by atoms with Gasteiger partial charge in [-0.15, -0.1) is 0 Å². The number of para-hydroxylation sites is 1. The van der Waals surface area contributed by atoms with Crippen molar-refractivity contribution < 1.29 is 13.2 Å². The molecule has 0 spiro atoms. The molecule has 5 nitrogen and oxygen atoms in total. The third-order valence-corrected chi connectivity index (χ3v) is 4.00. The van der Waals surface area contributed by atoms with Crippen molar-refractivity contribution in [3.05, 3.63) is 54.6 Å². The van der Waals surface area contributed by atoms with Crippen molar-refractivity contribution >= 4 is 15.9 Å². The van der Waals surface area contributed by atoms with Crippen molar-refractivity contribution in [1.82, 2.24) is 4.31 Å². The van der Waals surface area contributed by atoms with Crippen LogP contribution in [0.2, 0.25) is 0 Å². The van der Waals surface area contributed by atoms with Gasteiger partial charge in [0.2, 0.25) is 0 Å². The first-order chi connectivity index (χ1) is 9.47. The molecule has 106 valence electrons. The van der Waals surface area contributed by atoms with Crippen molar-refractivity contribution in [2.24, 2.45) is 0 Å². The summed E-state index contributed by atoms with van der Waals surface area (Å²) in [6.07, 6.45) is 0. The second kappa shape index (κ2) is 5.94. The second-order valence-corrected chi connectivity index (χ2v) is 6.22. The summed E-state index contributed by atoms with van der Waals surface area (Å²) in [5, 5.41) is 0. The summed E-state index contributed by atoms with van der Waals surface area (Å²) in [5.41, 5.74) is 0.451. The quantitative estimate of drug-likeness (QED) is 0.921. The van der Waals surface area contributed by atoms with Gasteiger partial charge in [-0.1, -0.05) is 24.3 Å². The van der Waals surface area contributed by atoms with Gasteiger partial charge in [0.1, 0.15) is 11.5 Å². The molecule has 0 aliphatic carbocycles. The van der Waals surface area contributed by atoms with Crippen LogP contribution in [0.3, 0.4) is 0 Å². The standard InChI is InChI=1S/C14H16N2O3S/c1-16(2)20(17,18)15-12-7-6-10-14(11-12)19-13-8-4-3-5-9-13/h3-11,15H,1-2H3. The molecular formula is C14H16N2O3S. The van der Waals surface area contributed by atoms with Gasteiger partial charge in [-0.3, -0.25) is 4.72 Å². The lowest BCUT2D eigenvalue weighted by Gasteiger charge is -2.14. The minimum atomic E-state index is -3.51. The predicted molar refractivity (Wildman–Crippen MR) is 79.2 cm³/mol. The highest BCUT2D eigenvalue weighted by atomic mass is 32.2. The van der Waals surface area contributed by atoms with Crippen LogP contribution in [0.15, 0.2) is 54.6 Å². The number of rotatable bonds is 5. The third-order valence-electron chi connectivity index (χ3n) is 2.54. The fourth-order valence-corrected chi connectivity index (χ4v) is 2.10. The molecule has 0 unspecified atom stereocenters. The Hall–Kier alpha value is -2.05. The Bertz CT molecular complexity index is 670. The van der Waals surface area contributed by atoms with Crippen molar-refractivity contribution in [3.63, 3.8) is 0 Å². The van der Waals surface area contributed by atoms with Gasteiger partial charge >= 0.3 is 10.2 Å². The first-order valence-electron chi connectivity index (χ1n) is 6.00. The zero-order valence-electron chi connectivity index (χ0n) is 11.3. The molecule has 0 saturated heterocycles. The van der Waals surface area contributed by atoms with Crippen LogP contribution < -0.4 is 9.46 Å². The smallest absolute Gasteiger partial charge is 0.301 e. The molecule has 0 saturated carbocycles. The lowest BCUT2D eigenvalue weighted by molar-refractivity contribution is 0.483. The van der Waals surface area contributed by atoms with Crippen molar-refractivity contribution in [2.45, 2.75) is 0 Å². The molecule has 0 aliphatic heterocycles. The van der Waals surface area contributed by atoms with Gasteiger partial charge in [-0.25, -0.2) is 0 Å². The summed E-state index contributed by atoms with van der Waals surface area (Å²) >= 11 is 0. The summed E-state index contributed by atoms with van der Waals surface area (Å²) in [6, 6.07) is 16.1. The molecule has 2 aromatic carbocycles. The number of hydrogen-bond acceptors (Lipinski definition) is 3. The van der Waals surface area contributed by atoms with Crippen LogP contribution in [0.5, 0.6) is 11.5 Å². The Balaban J connectivity index is 2.17. The topological polar surface area (TPSA) is 58.6 Å². The maximum atomic E-state index is 11.7. The summed E-state index contributed by atoms with van der Waals surface area (Å²) in [7, 11) is -0.583. The maximum absolute atomic E-state index is 11.7. The van der Waals surface area contributed by atoms with Crippen LogP contribution in [-0.4, -0.2) is 26.8 Å². The van der Waals surface area contributed by atoms with E-state index in [0.29, 0.717) is 17.2 Å². The van der Waals surface area contributed by atoms with E-state index >= 15 is 0 Å². The largest absolute Gasteiger partial charge is 0.457 e. The monoisotopic (exact) mass is 292 g/mol. The molecule has 0 radical (unpaired) electrons. The summed E-state index contributed by atoms with van der Waals surface area (Å²) in [4.78, 5) is 0. The molecular weight excluding hydrogens is 276 g/mol. The molecule has 0 atom stereocenters. The summed E-state index contributed by atoms with van der Waals surface area (Å²) in [6.45, 7) is 0. The minimum Gasteiger partial charge on any atom is -0.457 e. The van der Waals surface area contributed by atoms with Gasteiger partial charge in [0.05, 0.1) is 5.69 Å². The highest BCUT2D eigenvalue weighted by Gasteiger charge is 2.13. The molecule has 2 aromatic rings. The molecule has 2 rings (SSSR count). The Morgan fingerprint density at radius 1 is 0.950 bits per heavy atom. The van der Waals surface area contributed by atoms with Crippen molar-refractivity contribution in [2.75, 3.05) is 18.8 Å². The van der Waals surface area contributed by atoms with E-state index in [-0.39, 0.29) is 0 Å². The van der Waals surface area contributed by atoms with E-state index in [1.165, 1.54) is 14.1 Å². The van der Waals surface area contributed by atoms with Gasteiger partial charge in [0.15, 0.2) is 0 Å². The average Bonchev–Trinajstić information content (AvgIpc) is 2.39. The zero-order valence-corrected chi connectivity index (χ0v) is 12.1. The summed E-state index contributed by atoms with van der Waals surface area (Å²) in [5.74, 6) is 1.26. The van der Waals surface area contributed by atoms with Crippen LogP contribution in [0.25, 0.3) is 0 Å². The Kier molecular flexibility index (Phi) is 4.26. The Morgan fingerprint density at radius 2 is 1.60 bits per heavy atom. The molecule has 20 heavy (non-hydrogen) atoms. The van der Waals surface area contributed by atoms with E-state index in [1.807, 2.05) is 30.3 Å². The summed E-state index contributed by atoms with van der Waals surface area (Å²) < 4.78 is 32.7. The minimum absolute atomic E-state index is 0.451. The molecule has 1 N–H and O–H groups in total. The van der Waals surface area contributed by atoms with Crippen LogP contribution in [0.4, 0.5) is 5.69 Å². The normalized spacial score (nSPS) is 11.3. The van der Waals surface area contributed by atoms with Gasteiger partial charge in [-0.05, 0) is 24.3 Å². The molecule has 0 amide bonds. The van der Waals surface area contributed by atoms with E-state index in [4.69, 9.17) is 4.74 Å². The van der Waals surface area contributed by atoms with Gasteiger partial charge < -0.3 is 4.74 Å². The average molecular weight is 292 g/mol. The number of ether oxygens (including phenoxy) is 1. The van der Waals surface area contributed by atoms with Crippen LogP contribution in [-0.2, 0) is 10.2 Å². The number of anilines is 1. The highest BCUT2D eigenvalue weighted by Crippen LogP contribution is 2.24. The number of nitrogens with zero attached hydrogens (tertiary/aromatic N) is 1. The number of hydrogen-bond donors (Lipinski definition) is 1. The molecule has 0 fully saturated rings. The van der Waals surface area contributed by atoms with Gasteiger partial charge in [-0.2, -0.15) is 12.7 Å². The van der Waals surface area contributed by atoms with Gasteiger partial charge in [0, 0.05) is 20.2 Å². The molecule has 0 bridgehead atoms. The van der Waals surface area contributed by atoms with E-state index in [9.17, 15) is 8.42 Å². The molecule has 0 heterocycles. The number of nitrogens with one attached hydrogen (secondary N) is 1. The van der Waals surface area contributed by atoms with E-state index in [1.54, 1.807) is 24.3 Å². The van der Waals surface area contributed by atoms with Crippen molar-refractivity contribution in [1.29, 1.82) is 0 Å². The van der Waals surface area contributed by atoms with E-state index in [2.05, 4.69) is 4.72 Å².